The molecule has 0 fully saturated rings. The minimum atomic E-state index is -0.227. The van der Waals surface area contributed by atoms with Crippen molar-refractivity contribution in [1.82, 2.24) is 19.8 Å². The number of thiophene rings is 1. The van der Waals surface area contributed by atoms with Gasteiger partial charge in [-0.2, -0.15) is 4.37 Å². The average Bonchev–Trinajstić information content (AvgIpc) is 3.07. The first-order valence-corrected chi connectivity index (χ1v) is 9.11. The molecule has 0 radical (unpaired) electrons. The van der Waals surface area contributed by atoms with Crippen molar-refractivity contribution in [2.24, 2.45) is 0 Å². The van der Waals surface area contributed by atoms with Crippen LogP contribution in [-0.2, 0) is 5.75 Å². The van der Waals surface area contributed by atoms with Crippen molar-refractivity contribution in [2.45, 2.75) is 9.96 Å². The smallest absolute Gasteiger partial charge is 0.172 e. The Morgan fingerprint density at radius 2 is 2.00 bits per heavy atom. The molecule has 4 nitrogen and oxygen atoms in total. The van der Waals surface area contributed by atoms with Crippen LogP contribution < -0.4 is 0 Å². The zero-order valence-corrected chi connectivity index (χ0v) is 14.0. The molecule has 22 heavy (non-hydrogen) atoms. The van der Waals surface area contributed by atoms with Crippen LogP contribution in [0.15, 0.2) is 28.5 Å². The number of rotatable bonds is 3. The summed E-state index contributed by atoms with van der Waals surface area (Å²) in [4.78, 5) is 0.894. The molecular weight excluding hydrogens is 363 g/mol. The van der Waals surface area contributed by atoms with E-state index in [9.17, 15) is 4.39 Å². The standard InChI is InChI=1S/C13H6ClFN4S3/c14-11-10-9(16-19-17-11)8-12(21-10)18-22-13(8)20-5-6-1-3-7(15)4-2-6/h1-4H,5H2. The molecule has 0 amide bonds. The van der Waals surface area contributed by atoms with Gasteiger partial charge in [0.1, 0.15) is 16.2 Å². The van der Waals surface area contributed by atoms with Crippen LogP contribution in [0.3, 0.4) is 0 Å². The molecule has 0 aliphatic rings. The Balaban J connectivity index is 1.71. The van der Waals surface area contributed by atoms with Crippen LogP contribution in [0.25, 0.3) is 20.4 Å². The Morgan fingerprint density at radius 3 is 2.82 bits per heavy atom. The molecule has 4 aromatic rings. The molecule has 3 heterocycles. The number of benzene rings is 1. The van der Waals surface area contributed by atoms with E-state index in [0.29, 0.717) is 5.15 Å². The monoisotopic (exact) mass is 368 g/mol. The zero-order valence-electron chi connectivity index (χ0n) is 10.8. The lowest BCUT2D eigenvalue weighted by Crippen LogP contribution is -1.86. The Morgan fingerprint density at radius 1 is 1.18 bits per heavy atom. The fourth-order valence-electron chi connectivity index (χ4n) is 2.00. The van der Waals surface area contributed by atoms with Gasteiger partial charge in [0, 0.05) is 5.75 Å². The molecule has 0 unspecified atom stereocenters. The van der Waals surface area contributed by atoms with E-state index in [2.05, 4.69) is 19.8 Å². The van der Waals surface area contributed by atoms with E-state index in [1.807, 2.05) is 0 Å². The van der Waals surface area contributed by atoms with Crippen LogP contribution >= 0.6 is 46.2 Å². The van der Waals surface area contributed by atoms with Crippen molar-refractivity contribution >= 4 is 66.7 Å². The molecule has 0 saturated heterocycles. The fourth-order valence-corrected chi connectivity index (χ4v) is 5.36. The quantitative estimate of drug-likeness (QED) is 0.487. The highest BCUT2D eigenvalue weighted by molar-refractivity contribution is 8.00. The lowest BCUT2D eigenvalue weighted by molar-refractivity contribution is 0.627. The third-order valence-electron chi connectivity index (χ3n) is 3.03. The Hall–Kier alpha value is -1.35. The van der Waals surface area contributed by atoms with Crippen LogP contribution in [0.4, 0.5) is 4.39 Å². The number of hydrogen-bond donors (Lipinski definition) is 0. The van der Waals surface area contributed by atoms with Gasteiger partial charge in [0.25, 0.3) is 0 Å². The lowest BCUT2D eigenvalue weighted by Gasteiger charge is -1.99. The van der Waals surface area contributed by atoms with Gasteiger partial charge in [-0.15, -0.1) is 33.3 Å². The Labute approximate surface area is 141 Å². The van der Waals surface area contributed by atoms with Crippen LogP contribution in [0, 0.1) is 5.82 Å². The maximum Gasteiger partial charge on any atom is 0.172 e. The van der Waals surface area contributed by atoms with Gasteiger partial charge in [0.05, 0.1) is 14.3 Å². The molecule has 0 bridgehead atoms. The highest BCUT2D eigenvalue weighted by Gasteiger charge is 2.18. The molecule has 3 aromatic heterocycles. The summed E-state index contributed by atoms with van der Waals surface area (Å²) in [7, 11) is 0. The summed E-state index contributed by atoms with van der Waals surface area (Å²) in [5.74, 6) is 0.511. The topological polar surface area (TPSA) is 51.6 Å². The molecule has 1 aromatic carbocycles. The molecule has 0 aliphatic heterocycles. The summed E-state index contributed by atoms with van der Waals surface area (Å²) < 4.78 is 19.2. The number of nitrogens with zero attached hydrogens (tertiary/aromatic N) is 4. The van der Waals surface area contributed by atoms with E-state index in [1.54, 1.807) is 23.9 Å². The minimum Gasteiger partial charge on any atom is -0.207 e. The van der Waals surface area contributed by atoms with E-state index >= 15 is 0 Å². The van der Waals surface area contributed by atoms with E-state index in [-0.39, 0.29) is 5.82 Å². The highest BCUT2D eigenvalue weighted by Crippen LogP contribution is 2.42. The molecule has 4 rings (SSSR count). The van der Waals surface area contributed by atoms with E-state index in [0.717, 1.165) is 36.0 Å². The Kier molecular flexibility index (Phi) is 3.69. The fraction of sp³-hybridized carbons (Fsp3) is 0.0769. The summed E-state index contributed by atoms with van der Waals surface area (Å²) in [5.41, 5.74) is 1.80. The van der Waals surface area contributed by atoms with Gasteiger partial charge in [0.2, 0.25) is 0 Å². The van der Waals surface area contributed by atoms with E-state index in [4.69, 9.17) is 11.6 Å². The van der Waals surface area contributed by atoms with Gasteiger partial charge in [-0.25, -0.2) is 4.39 Å². The summed E-state index contributed by atoms with van der Waals surface area (Å²) >= 11 is 10.6. The normalized spacial score (nSPS) is 11.5. The number of hydrogen-bond acceptors (Lipinski definition) is 7. The Bertz CT molecular complexity index is 967. The molecule has 0 N–H and O–H groups in total. The molecule has 110 valence electrons. The minimum absolute atomic E-state index is 0.227. The number of aromatic nitrogens is 4. The van der Waals surface area contributed by atoms with Gasteiger partial charge in [-0.3, -0.25) is 0 Å². The number of halogens is 2. The first-order valence-electron chi connectivity index (χ1n) is 6.16. The third kappa shape index (κ3) is 2.45. The van der Waals surface area contributed by atoms with Crippen molar-refractivity contribution in [2.75, 3.05) is 0 Å². The second-order valence-corrected chi connectivity index (χ2v) is 7.80. The molecule has 9 heteroatoms. The third-order valence-corrected chi connectivity index (χ3v) is 6.76. The van der Waals surface area contributed by atoms with Crippen molar-refractivity contribution < 1.29 is 4.39 Å². The average molecular weight is 369 g/mol. The van der Waals surface area contributed by atoms with E-state index < -0.39 is 0 Å². The van der Waals surface area contributed by atoms with Gasteiger partial charge in [-0.05, 0) is 34.4 Å². The summed E-state index contributed by atoms with van der Waals surface area (Å²) in [5, 5.41) is 12.9. The highest BCUT2D eigenvalue weighted by atomic mass is 35.5. The maximum absolute atomic E-state index is 12.9. The predicted octanol–water partition coefficient (Wildman–Crippen LogP) is 4.78. The van der Waals surface area contributed by atoms with Crippen LogP contribution in [0.5, 0.6) is 0 Å². The van der Waals surface area contributed by atoms with Crippen LogP contribution in [0.2, 0.25) is 5.15 Å². The SMILES string of the molecule is Fc1ccc(CSc2snc3sc4c(Cl)nnnc4c23)cc1. The number of thioether (sulfide) groups is 1. The molecule has 0 spiro atoms. The van der Waals surface area contributed by atoms with Gasteiger partial charge >= 0.3 is 0 Å². The van der Waals surface area contributed by atoms with Crippen molar-refractivity contribution in [3.63, 3.8) is 0 Å². The second kappa shape index (κ2) is 5.69. The van der Waals surface area contributed by atoms with Crippen molar-refractivity contribution in [3.8, 4) is 0 Å². The van der Waals surface area contributed by atoms with Crippen molar-refractivity contribution in [1.29, 1.82) is 0 Å². The van der Waals surface area contributed by atoms with E-state index in [1.165, 1.54) is 35.0 Å². The first kappa shape index (κ1) is 14.3. The molecule has 0 atom stereocenters. The molecular formula is C13H6ClFN4S3. The first-order chi connectivity index (χ1) is 10.7. The largest absolute Gasteiger partial charge is 0.207 e. The van der Waals surface area contributed by atoms with Crippen LogP contribution in [0.1, 0.15) is 5.56 Å². The van der Waals surface area contributed by atoms with Crippen molar-refractivity contribution in [3.05, 3.63) is 40.8 Å². The molecule has 0 aliphatic carbocycles. The molecule has 0 saturated carbocycles. The van der Waals surface area contributed by atoms with Gasteiger partial charge in [0.15, 0.2) is 5.15 Å². The predicted molar refractivity (Wildman–Crippen MR) is 89.4 cm³/mol. The maximum atomic E-state index is 12.9. The summed E-state index contributed by atoms with van der Waals surface area (Å²) in [6, 6.07) is 6.50. The lowest BCUT2D eigenvalue weighted by atomic mass is 10.2. The van der Waals surface area contributed by atoms with Gasteiger partial charge in [-0.1, -0.05) is 23.7 Å². The summed E-state index contributed by atoms with van der Waals surface area (Å²) in [6.07, 6.45) is 0. The zero-order chi connectivity index (χ0) is 15.1. The second-order valence-electron chi connectivity index (χ2n) is 4.43. The van der Waals surface area contributed by atoms with Gasteiger partial charge < -0.3 is 0 Å². The number of fused-ring (bicyclic) bond motifs is 3. The summed E-state index contributed by atoms with van der Waals surface area (Å²) in [6.45, 7) is 0. The van der Waals surface area contributed by atoms with Crippen LogP contribution in [-0.4, -0.2) is 19.8 Å².